The standard InChI is InChI=1S/C19H13F3N2O2S/c1-3-10-24-15-9-8-14(26-2)11-16(15)27-18(24)23-17(25)12-4-6-13(7-5-12)19(20,21)22/h1,4-9,11H,10H2,2H3. The topological polar surface area (TPSA) is 43.6 Å². The van der Waals surface area contributed by atoms with Gasteiger partial charge in [0.15, 0.2) is 4.80 Å². The van der Waals surface area contributed by atoms with Gasteiger partial charge in [-0.25, -0.2) is 0 Å². The minimum Gasteiger partial charge on any atom is -0.497 e. The van der Waals surface area contributed by atoms with Crippen LogP contribution in [-0.2, 0) is 12.7 Å². The lowest BCUT2D eigenvalue weighted by Crippen LogP contribution is -2.16. The maximum atomic E-state index is 12.6. The zero-order valence-electron chi connectivity index (χ0n) is 14.1. The van der Waals surface area contributed by atoms with Crippen molar-refractivity contribution < 1.29 is 22.7 Å². The summed E-state index contributed by atoms with van der Waals surface area (Å²) in [5, 5.41) is 0. The third-order valence-electron chi connectivity index (χ3n) is 3.80. The molecule has 3 rings (SSSR count). The average Bonchev–Trinajstić information content (AvgIpc) is 2.97. The van der Waals surface area contributed by atoms with Crippen LogP contribution < -0.4 is 9.54 Å². The van der Waals surface area contributed by atoms with Crippen LogP contribution in [0.2, 0.25) is 0 Å². The van der Waals surface area contributed by atoms with E-state index in [1.54, 1.807) is 23.8 Å². The van der Waals surface area contributed by atoms with E-state index in [0.29, 0.717) is 10.6 Å². The van der Waals surface area contributed by atoms with Gasteiger partial charge in [0, 0.05) is 5.56 Å². The number of terminal acetylenes is 1. The minimum atomic E-state index is -4.46. The van der Waals surface area contributed by atoms with Crippen molar-refractivity contribution in [1.82, 2.24) is 4.57 Å². The zero-order chi connectivity index (χ0) is 19.6. The smallest absolute Gasteiger partial charge is 0.416 e. The van der Waals surface area contributed by atoms with E-state index in [1.807, 2.05) is 6.07 Å². The number of hydrogen-bond donors (Lipinski definition) is 0. The molecule has 0 saturated carbocycles. The Morgan fingerprint density at radius 2 is 1.96 bits per heavy atom. The molecule has 0 atom stereocenters. The second-order valence-electron chi connectivity index (χ2n) is 5.50. The molecule has 27 heavy (non-hydrogen) atoms. The first-order valence-corrected chi connectivity index (χ1v) is 8.52. The molecule has 1 heterocycles. The fourth-order valence-corrected chi connectivity index (χ4v) is 3.52. The number of hydrogen-bond acceptors (Lipinski definition) is 3. The Bertz CT molecular complexity index is 1100. The summed E-state index contributed by atoms with van der Waals surface area (Å²) in [6.07, 6.45) is 0.952. The number of nitrogens with zero attached hydrogens (tertiary/aromatic N) is 2. The van der Waals surface area contributed by atoms with Crippen LogP contribution in [0.1, 0.15) is 15.9 Å². The number of aromatic nitrogens is 1. The maximum Gasteiger partial charge on any atom is 0.416 e. The number of rotatable bonds is 3. The Labute approximate surface area is 156 Å². The molecule has 0 aliphatic heterocycles. The molecule has 0 saturated heterocycles. The fourth-order valence-electron chi connectivity index (χ4n) is 2.46. The van der Waals surface area contributed by atoms with Crippen molar-refractivity contribution in [2.24, 2.45) is 4.99 Å². The van der Waals surface area contributed by atoms with Gasteiger partial charge in [-0.15, -0.1) is 6.42 Å². The van der Waals surface area contributed by atoms with E-state index in [2.05, 4.69) is 10.9 Å². The van der Waals surface area contributed by atoms with Crippen molar-refractivity contribution in [2.75, 3.05) is 7.11 Å². The first-order valence-electron chi connectivity index (χ1n) is 7.70. The van der Waals surface area contributed by atoms with Gasteiger partial charge in [-0.05, 0) is 42.5 Å². The summed E-state index contributed by atoms with van der Waals surface area (Å²) in [6.45, 7) is 0.200. The van der Waals surface area contributed by atoms with Crippen LogP contribution in [0, 0.1) is 12.3 Å². The number of halogens is 3. The van der Waals surface area contributed by atoms with Gasteiger partial charge in [-0.3, -0.25) is 4.79 Å². The largest absolute Gasteiger partial charge is 0.497 e. The van der Waals surface area contributed by atoms with E-state index >= 15 is 0 Å². The predicted molar refractivity (Wildman–Crippen MR) is 96.5 cm³/mol. The molecule has 0 aliphatic carbocycles. The first kappa shape index (κ1) is 18.7. The van der Waals surface area contributed by atoms with Crippen molar-refractivity contribution in [2.45, 2.75) is 12.7 Å². The third-order valence-corrected chi connectivity index (χ3v) is 4.84. The van der Waals surface area contributed by atoms with Gasteiger partial charge < -0.3 is 9.30 Å². The Balaban J connectivity index is 2.05. The van der Waals surface area contributed by atoms with Crippen LogP contribution in [0.4, 0.5) is 13.2 Å². The molecule has 0 N–H and O–H groups in total. The van der Waals surface area contributed by atoms with Gasteiger partial charge in [-0.2, -0.15) is 18.2 Å². The lowest BCUT2D eigenvalue weighted by Gasteiger charge is -2.06. The molecule has 0 bridgehead atoms. The van der Waals surface area contributed by atoms with E-state index in [-0.39, 0.29) is 12.1 Å². The van der Waals surface area contributed by atoms with Crippen molar-refractivity contribution >= 4 is 27.5 Å². The van der Waals surface area contributed by atoms with Gasteiger partial charge in [0.2, 0.25) is 0 Å². The van der Waals surface area contributed by atoms with Crippen LogP contribution >= 0.6 is 11.3 Å². The zero-order valence-corrected chi connectivity index (χ0v) is 14.9. The molecule has 138 valence electrons. The summed E-state index contributed by atoms with van der Waals surface area (Å²) in [5.41, 5.74) is 0.0263. The van der Waals surface area contributed by atoms with E-state index in [9.17, 15) is 18.0 Å². The van der Waals surface area contributed by atoms with E-state index < -0.39 is 17.6 Å². The average molecular weight is 390 g/mol. The SMILES string of the molecule is C#CCn1c(=NC(=O)c2ccc(C(F)(F)F)cc2)sc2cc(OC)ccc21. The number of methoxy groups -OCH3 is 1. The summed E-state index contributed by atoms with van der Waals surface area (Å²) in [6, 6.07) is 9.30. The van der Waals surface area contributed by atoms with Gasteiger partial charge in [0.05, 0.1) is 29.4 Å². The lowest BCUT2D eigenvalue weighted by atomic mass is 10.1. The Morgan fingerprint density at radius 3 is 2.56 bits per heavy atom. The monoisotopic (exact) mass is 390 g/mol. The molecule has 0 spiro atoms. The Hall–Kier alpha value is -3.05. The highest BCUT2D eigenvalue weighted by molar-refractivity contribution is 7.16. The number of carbonyl (C=O) groups excluding carboxylic acids is 1. The van der Waals surface area contributed by atoms with Crippen molar-refractivity contribution in [3.63, 3.8) is 0 Å². The maximum absolute atomic E-state index is 12.6. The molecular formula is C19H13F3N2O2S. The molecule has 3 aromatic rings. The molecule has 8 heteroatoms. The first-order chi connectivity index (χ1) is 12.8. The van der Waals surface area contributed by atoms with Gasteiger partial charge in [0.25, 0.3) is 5.91 Å². The number of carbonyl (C=O) groups is 1. The van der Waals surface area contributed by atoms with Crippen molar-refractivity contribution in [1.29, 1.82) is 0 Å². The van der Waals surface area contributed by atoms with Gasteiger partial charge in [0.1, 0.15) is 5.75 Å². The van der Waals surface area contributed by atoms with Crippen LogP contribution in [0.25, 0.3) is 10.2 Å². The second-order valence-corrected chi connectivity index (χ2v) is 6.51. The number of alkyl halides is 3. The summed E-state index contributed by atoms with van der Waals surface area (Å²) in [5.74, 6) is 2.52. The van der Waals surface area contributed by atoms with Crippen LogP contribution in [-0.4, -0.2) is 17.6 Å². The third kappa shape index (κ3) is 3.88. The molecule has 4 nitrogen and oxygen atoms in total. The van der Waals surface area contributed by atoms with Crippen LogP contribution in [0.15, 0.2) is 47.5 Å². The van der Waals surface area contributed by atoms with Crippen LogP contribution in [0.3, 0.4) is 0 Å². The number of benzene rings is 2. The lowest BCUT2D eigenvalue weighted by molar-refractivity contribution is -0.137. The molecule has 1 aromatic heterocycles. The van der Waals surface area contributed by atoms with Gasteiger partial charge in [-0.1, -0.05) is 17.3 Å². The quantitative estimate of drug-likeness (QED) is 0.632. The molecule has 0 aliphatic rings. The summed E-state index contributed by atoms with van der Waals surface area (Å²) >= 11 is 1.24. The Morgan fingerprint density at radius 1 is 1.26 bits per heavy atom. The molecule has 0 unspecified atom stereocenters. The summed E-state index contributed by atoms with van der Waals surface area (Å²) in [4.78, 5) is 16.8. The predicted octanol–water partition coefficient (Wildman–Crippen LogP) is 4.10. The van der Waals surface area contributed by atoms with E-state index in [4.69, 9.17) is 11.2 Å². The molecular weight excluding hydrogens is 377 g/mol. The molecule has 2 aromatic carbocycles. The van der Waals surface area contributed by atoms with E-state index in [0.717, 1.165) is 34.5 Å². The number of amides is 1. The Kier molecular flexibility index (Phi) is 5.06. The van der Waals surface area contributed by atoms with E-state index in [1.165, 1.54) is 11.3 Å². The number of fused-ring (bicyclic) bond motifs is 1. The molecule has 0 radical (unpaired) electrons. The number of ether oxygens (including phenoxy) is 1. The molecule has 0 fully saturated rings. The highest BCUT2D eigenvalue weighted by Crippen LogP contribution is 2.29. The fraction of sp³-hybridized carbons (Fsp3) is 0.158. The highest BCUT2D eigenvalue weighted by atomic mass is 32.1. The summed E-state index contributed by atoms with van der Waals surface area (Å²) in [7, 11) is 1.55. The van der Waals surface area contributed by atoms with Crippen molar-refractivity contribution in [3.05, 3.63) is 58.4 Å². The number of thiazole rings is 1. The highest BCUT2D eigenvalue weighted by Gasteiger charge is 2.30. The van der Waals surface area contributed by atoms with Crippen LogP contribution in [0.5, 0.6) is 5.75 Å². The van der Waals surface area contributed by atoms with Gasteiger partial charge >= 0.3 is 6.18 Å². The summed E-state index contributed by atoms with van der Waals surface area (Å²) < 4.78 is 45.6. The second kappa shape index (κ2) is 7.29. The minimum absolute atomic E-state index is 0.0605. The molecule has 1 amide bonds. The van der Waals surface area contributed by atoms with Crippen molar-refractivity contribution in [3.8, 4) is 18.1 Å². The normalized spacial score (nSPS) is 12.2.